The van der Waals surface area contributed by atoms with Gasteiger partial charge < -0.3 is 4.74 Å². The van der Waals surface area contributed by atoms with E-state index in [0.717, 1.165) is 0 Å². The van der Waals surface area contributed by atoms with Gasteiger partial charge in [0.2, 0.25) is 0 Å². The van der Waals surface area contributed by atoms with Crippen LogP contribution in [0.1, 0.15) is 31.4 Å². The molecule has 2 nitrogen and oxygen atoms in total. The summed E-state index contributed by atoms with van der Waals surface area (Å²) < 4.78 is 28.4. The minimum atomic E-state index is -2.62. The Balaban J connectivity index is 1.20. The number of benzene rings is 18. The van der Waals surface area contributed by atoms with Crippen molar-refractivity contribution in [3.05, 3.63) is 22.3 Å². The predicted octanol–water partition coefficient (Wildman–Crippen LogP) is 18.2. The molecule has 0 saturated heterocycles. The van der Waals surface area contributed by atoms with E-state index in [1.165, 1.54) is 238 Å². The van der Waals surface area contributed by atoms with Gasteiger partial charge in [0.05, 0.1) is 7.11 Å². The van der Waals surface area contributed by atoms with Crippen molar-refractivity contribution in [3.63, 3.8) is 0 Å². The normalized spacial score (nSPS) is 22.6. The topological polar surface area (TPSA) is 26.3 Å². The van der Waals surface area contributed by atoms with Crippen molar-refractivity contribution < 1.29 is 12.3 Å². The molecule has 0 spiro atoms. The lowest BCUT2D eigenvalue weighted by Crippen LogP contribution is -2.57. The molecule has 0 N–H and O–H groups in total. The third-order valence-electron chi connectivity index (χ3n) is 24.9. The van der Waals surface area contributed by atoms with E-state index in [9.17, 15) is 2.74 Å². The fourth-order valence-electron chi connectivity index (χ4n) is 24.6. The first kappa shape index (κ1) is 26.2. The summed E-state index contributed by atoms with van der Waals surface area (Å²) in [6, 6.07) is 0. The first-order chi connectivity index (χ1) is 35.2. The smallest absolute Gasteiger partial charge is 0.322 e. The summed E-state index contributed by atoms with van der Waals surface area (Å²) in [5.41, 5.74) is 2.69. The molecule has 28 aromatic carbocycles. The zero-order chi connectivity index (χ0) is 44.5. The first-order valence-corrected chi connectivity index (χ1v) is 29.5. The number of carbonyl (C=O) groups is 1. The minimum Gasteiger partial charge on any atom is -0.468 e. The average molecular weight is 883 g/mol. The summed E-state index contributed by atoms with van der Waals surface area (Å²) in [5.74, 6) is -1.71. The van der Waals surface area contributed by atoms with Gasteiger partial charge in [-0.3, -0.25) is 4.79 Å². The molecular weight excluding hydrogens is 865 g/mol. The largest absolute Gasteiger partial charge is 0.468 e. The molecule has 0 unspecified atom stereocenters. The highest BCUT2D eigenvalue weighted by molar-refractivity contribution is 6.82. The van der Waals surface area contributed by atoms with E-state index in [4.69, 9.17) is 4.74 Å². The highest BCUT2D eigenvalue weighted by Crippen LogP contribution is 2.85. The summed E-state index contributed by atoms with van der Waals surface area (Å²) in [5, 5.41) is 80.2. The predicted molar refractivity (Wildman–Crippen MR) is 299 cm³/mol. The van der Waals surface area contributed by atoms with Gasteiger partial charge in [-0.1, -0.05) is 25.6 Å². The van der Waals surface area contributed by atoms with Crippen molar-refractivity contribution in [1.29, 1.82) is 0 Å². The maximum absolute atomic E-state index is 17.2. The molecule has 0 amide bonds. The van der Waals surface area contributed by atoms with Crippen LogP contribution >= 0.6 is 0 Å². The van der Waals surface area contributed by atoms with Crippen molar-refractivity contribution in [3.8, 4) is 0 Å². The SMILES string of the molecule is [2H]C([2H])(CC12c3c4c5c6c7c8c(c9c%10c1c1c3c3c%11c4c4c5c5c7c7c%12c8c8c9c9c%10c%10c1c1c3c3c%11c%11c4c4c5c7c5c7c%12c8c8c9c9c%10c1c1c3c3c%11c4c5c4c7c8c9c1c34)C62C(=O)OC)[Si](C)(C)C. The molecule has 3 heteroatoms. The van der Waals surface area contributed by atoms with Gasteiger partial charge in [0.1, 0.15) is 5.41 Å². The number of rotatable bonds is 4. The number of hydrogen-bond donors (Lipinski definition) is 0. The molecule has 0 aromatic heterocycles. The Morgan fingerprint density at radius 1 is 0.314 bits per heavy atom. The van der Waals surface area contributed by atoms with Crippen LogP contribution in [0.5, 0.6) is 0 Å². The average Bonchev–Trinajstić information content (AvgIpc) is 4.23. The molecule has 0 heterocycles. The quantitative estimate of drug-likeness (QED) is 0.1000. The molecule has 0 saturated carbocycles. The van der Waals surface area contributed by atoms with Crippen molar-refractivity contribution >= 4 is 305 Å². The Morgan fingerprint density at radius 3 is 0.629 bits per heavy atom. The molecule has 0 fully saturated rings. The number of esters is 1. The standard InChI is InChI=1S/C67H16O2Si/c1-69-65(68)67-63-57-51-41-29-21-13-9-7-8-11-15(13)23(29)33-27-19(11)20-12(8)16-14-10(7)18-17(9)25-31(21)39-45-35(25)36-26(18)32-22(14)30-24(16)34-28(20)38-37(27)49(43(33)51)59(63)60-50(38)44(34)52-42(30)48-40(32)46(36)54-53(45)61(55(57)47(39)41)66(67,5-6-70(2,3)4)62(54)56(48)58(52)64(60)67/h5-6H2,1-4H3/i6D2. The summed E-state index contributed by atoms with van der Waals surface area (Å²) in [6.07, 6.45) is 0.264. The molecule has 70 heavy (non-hydrogen) atoms. The Labute approximate surface area is 387 Å². The minimum absolute atomic E-state index is 0.163. The molecule has 32 rings (SSSR count). The summed E-state index contributed by atoms with van der Waals surface area (Å²) in [7, 11) is -0.942. The number of methoxy groups -OCH3 is 1. The Hall–Kier alpha value is -7.85. The van der Waals surface area contributed by atoms with Gasteiger partial charge in [0, 0.05) is 16.2 Å². The van der Waals surface area contributed by atoms with E-state index in [-0.39, 0.29) is 12.4 Å². The van der Waals surface area contributed by atoms with E-state index in [1.807, 2.05) is 0 Å². The van der Waals surface area contributed by atoms with Gasteiger partial charge in [0.15, 0.2) is 0 Å². The van der Waals surface area contributed by atoms with E-state index >= 15 is 4.79 Å². The third-order valence-corrected chi connectivity index (χ3v) is 26.1. The fraction of sp³-hybridized carbons (Fsp3) is 0.119. The molecule has 0 atom stereocenters. The molecular formula is C67H16O2Si. The molecule has 4 aliphatic rings. The van der Waals surface area contributed by atoms with Gasteiger partial charge in [-0.15, -0.1) is 0 Å². The van der Waals surface area contributed by atoms with Crippen molar-refractivity contribution in [2.75, 3.05) is 7.11 Å². The Morgan fingerprint density at radius 2 is 0.471 bits per heavy atom. The molecule has 4 aliphatic carbocycles. The molecule has 0 bridgehead atoms. The molecule has 300 valence electrons. The van der Waals surface area contributed by atoms with E-state index in [1.54, 1.807) is 82.5 Å². The van der Waals surface area contributed by atoms with Gasteiger partial charge in [0.25, 0.3) is 0 Å². The van der Waals surface area contributed by atoms with Gasteiger partial charge in [-0.2, -0.15) is 0 Å². The van der Waals surface area contributed by atoms with Gasteiger partial charge >= 0.3 is 5.97 Å². The lowest BCUT2D eigenvalue weighted by molar-refractivity contribution is -0.148. The second-order valence-electron chi connectivity index (χ2n) is 26.5. The molecule has 0 aliphatic heterocycles. The molecule has 28 aromatic rings. The Kier molecular flexibility index (Phi) is 2.29. The van der Waals surface area contributed by atoms with Crippen molar-refractivity contribution in [2.24, 2.45) is 0 Å². The number of hydrogen-bond acceptors (Lipinski definition) is 2. The summed E-state index contributed by atoms with van der Waals surface area (Å²) in [6.45, 7) is 6.75. The van der Waals surface area contributed by atoms with Crippen molar-refractivity contribution in [2.45, 2.75) is 42.9 Å². The van der Waals surface area contributed by atoms with Crippen LogP contribution in [-0.4, -0.2) is 21.2 Å². The lowest BCUT2D eigenvalue weighted by Gasteiger charge is -2.53. The second kappa shape index (κ2) is 6.12. The second-order valence-corrected chi connectivity index (χ2v) is 31.4. The van der Waals surface area contributed by atoms with E-state index in [2.05, 4.69) is 19.6 Å². The van der Waals surface area contributed by atoms with Crippen molar-refractivity contribution in [1.82, 2.24) is 0 Å². The van der Waals surface area contributed by atoms with E-state index in [0.29, 0.717) is 0 Å². The van der Waals surface area contributed by atoms with Gasteiger partial charge in [-0.05, 0) is 320 Å². The summed E-state index contributed by atoms with van der Waals surface area (Å²) >= 11 is 0. The van der Waals surface area contributed by atoms with Gasteiger partial charge in [-0.25, -0.2) is 0 Å². The third kappa shape index (κ3) is 1.46. The monoisotopic (exact) mass is 882 g/mol. The van der Waals surface area contributed by atoms with Crippen LogP contribution in [0.2, 0.25) is 25.6 Å². The van der Waals surface area contributed by atoms with Crippen LogP contribution in [0.15, 0.2) is 0 Å². The van der Waals surface area contributed by atoms with Crippen LogP contribution in [0.25, 0.3) is 291 Å². The number of carbonyl (C=O) groups excluding carboxylic acids is 1. The van der Waals surface area contributed by atoms with Crippen LogP contribution in [0, 0.1) is 0 Å². The number of ether oxygens (including phenoxy) is 1. The fourth-order valence-corrected chi connectivity index (χ4v) is 25.4. The highest BCUT2D eigenvalue weighted by atomic mass is 28.3. The van der Waals surface area contributed by atoms with Crippen LogP contribution in [0.4, 0.5) is 0 Å². The Bertz CT molecular complexity index is 7090. The first-order valence-electron chi connectivity index (χ1n) is 27.0. The van der Waals surface area contributed by atoms with Crippen LogP contribution < -0.4 is 0 Å². The maximum Gasteiger partial charge on any atom is 0.322 e. The lowest BCUT2D eigenvalue weighted by atomic mass is 9.47. The van der Waals surface area contributed by atoms with E-state index < -0.39 is 24.9 Å². The maximum atomic E-state index is 17.2. The molecule has 0 radical (unpaired) electrons. The zero-order valence-electron chi connectivity index (χ0n) is 39.0. The van der Waals surface area contributed by atoms with Crippen LogP contribution in [0.3, 0.4) is 0 Å². The van der Waals surface area contributed by atoms with Crippen LogP contribution in [-0.2, 0) is 20.4 Å². The zero-order valence-corrected chi connectivity index (χ0v) is 38.0. The summed E-state index contributed by atoms with van der Waals surface area (Å²) in [4.78, 5) is 17.2. The highest BCUT2D eigenvalue weighted by Gasteiger charge is 2.73.